The van der Waals surface area contributed by atoms with Crippen molar-refractivity contribution in [3.8, 4) is 17.1 Å². The number of aromatic nitrogens is 3. The fourth-order valence-corrected chi connectivity index (χ4v) is 4.99. The van der Waals surface area contributed by atoms with Gasteiger partial charge in [-0.2, -0.15) is 4.98 Å². The minimum Gasteiger partial charge on any atom is -0.496 e. The number of piperidine rings is 1. The highest BCUT2D eigenvalue weighted by Gasteiger charge is 2.21. The molecular weight excluding hydrogens is 417 g/mol. The number of anilines is 1. The van der Waals surface area contributed by atoms with Crippen molar-refractivity contribution in [1.29, 1.82) is 0 Å². The van der Waals surface area contributed by atoms with Crippen molar-refractivity contribution in [2.24, 2.45) is 0 Å². The molecular formula is C19H21Cl2N5OS. The summed E-state index contributed by atoms with van der Waals surface area (Å²) in [4.78, 5) is 16.2. The first-order valence-corrected chi connectivity index (χ1v) is 10.7. The highest BCUT2D eigenvalue weighted by molar-refractivity contribution is 7.22. The van der Waals surface area contributed by atoms with E-state index >= 15 is 0 Å². The molecule has 1 aromatic carbocycles. The Bertz CT molecular complexity index is 1030. The lowest BCUT2D eigenvalue weighted by atomic mass is 10.1. The average molecular weight is 438 g/mol. The van der Waals surface area contributed by atoms with Crippen LogP contribution in [0.15, 0.2) is 12.1 Å². The maximum atomic E-state index is 6.49. The molecule has 0 saturated carbocycles. The third-order valence-corrected chi connectivity index (χ3v) is 6.46. The van der Waals surface area contributed by atoms with Crippen LogP contribution in [0.25, 0.3) is 21.7 Å². The topological polar surface area (TPSA) is 63.2 Å². The molecule has 28 heavy (non-hydrogen) atoms. The summed E-state index contributed by atoms with van der Waals surface area (Å²) in [5.41, 5.74) is 2.27. The molecule has 0 aliphatic carbocycles. The molecule has 3 aromatic rings. The maximum absolute atomic E-state index is 6.49. The summed E-state index contributed by atoms with van der Waals surface area (Å²) >= 11 is 14.1. The standard InChI is InChI=1S/C19H21Cl2N5OS/c1-10-7-11(20)8-13(27-3)14(10)17-23-16(21)15-18(24-17)25-19(28-15)22-12-5-4-6-26(2)9-12/h7-8,12H,4-6,9H2,1-3H3,(H,22,23,24,25)/t12-/m1/s1. The fraction of sp³-hybridized carbons (Fsp3) is 0.421. The Hall–Kier alpha value is -1.67. The second kappa shape index (κ2) is 7.99. The maximum Gasteiger partial charge on any atom is 0.185 e. The summed E-state index contributed by atoms with van der Waals surface area (Å²) in [5, 5.41) is 5.34. The van der Waals surface area contributed by atoms with E-state index in [9.17, 15) is 0 Å². The van der Waals surface area contributed by atoms with Gasteiger partial charge in [-0.3, -0.25) is 0 Å². The van der Waals surface area contributed by atoms with Crippen molar-refractivity contribution in [3.05, 3.63) is 27.9 Å². The Morgan fingerprint density at radius 2 is 2.07 bits per heavy atom. The van der Waals surface area contributed by atoms with Gasteiger partial charge in [0.15, 0.2) is 21.8 Å². The number of nitrogens with one attached hydrogen (secondary N) is 1. The molecule has 6 nitrogen and oxygen atoms in total. The van der Waals surface area contributed by atoms with Gasteiger partial charge in [0, 0.05) is 17.6 Å². The number of ether oxygens (including phenoxy) is 1. The number of thiazole rings is 1. The van der Waals surface area contributed by atoms with Gasteiger partial charge in [0.25, 0.3) is 0 Å². The Morgan fingerprint density at radius 3 is 2.82 bits per heavy atom. The molecule has 1 aliphatic heterocycles. The van der Waals surface area contributed by atoms with Gasteiger partial charge in [-0.15, -0.1) is 0 Å². The number of methoxy groups -OCH3 is 1. The molecule has 0 spiro atoms. The Morgan fingerprint density at radius 1 is 1.25 bits per heavy atom. The van der Waals surface area contributed by atoms with Crippen molar-refractivity contribution in [1.82, 2.24) is 19.9 Å². The van der Waals surface area contributed by atoms with Crippen LogP contribution in [0, 0.1) is 6.92 Å². The first kappa shape index (κ1) is 19.6. The second-order valence-corrected chi connectivity index (χ2v) is 8.85. The van der Waals surface area contributed by atoms with Crippen LogP contribution in [0.2, 0.25) is 10.2 Å². The SMILES string of the molecule is COc1cc(Cl)cc(C)c1-c1nc(Cl)c2sc(N[C@@H]3CCCN(C)C3)nc2n1. The Kier molecular flexibility index (Phi) is 5.60. The van der Waals surface area contributed by atoms with Gasteiger partial charge in [0.2, 0.25) is 0 Å². The van der Waals surface area contributed by atoms with E-state index in [1.165, 1.54) is 17.8 Å². The monoisotopic (exact) mass is 437 g/mol. The van der Waals surface area contributed by atoms with Gasteiger partial charge in [0.1, 0.15) is 10.4 Å². The van der Waals surface area contributed by atoms with Crippen LogP contribution in [0.3, 0.4) is 0 Å². The molecule has 1 aliphatic rings. The average Bonchev–Trinajstić information content (AvgIpc) is 3.04. The lowest BCUT2D eigenvalue weighted by molar-refractivity contribution is 0.261. The Balaban J connectivity index is 1.71. The highest BCUT2D eigenvalue weighted by Crippen LogP contribution is 2.37. The zero-order valence-electron chi connectivity index (χ0n) is 15.9. The molecule has 2 aromatic heterocycles. The van der Waals surface area contributed by atoms with Crippen LogP contribution in [0.5, 0.6) is 5.75 Å². The van der Waals surface area contributed by atoms with Crippen molar-refractivity contribution in [2.75, 3.05) is 32.6 Å². The first-order valence-electron chi connectivity index (χ1n) is 9.08. The van der Waals surface area contributed by atoms with E-state index in [1.807, 2.05) is 13.0 Å². The molecule has 0 radical (unpaired) electrons. The van der Waals surface area contributed by atoms with Crippen molar-refractivity contribution in [3.63, 3.8) is 0 Å². The Labute approximate surface area is 177 Å². The number of likely N-dealkylation sites (N-methyl/N-ethyl adjacent to an activating group) is 1. The largest absolute Gasteiger partial charge is 0.496 e. The van der Waals surface area contributed by atoms with Gasteiger partial charge in [-0.05, 0) is 51.1 Å². The van der Waals surface area contributed by atoms with Crippen LogP contribution in [0.4, 0.5) is 5.13 Å². The zero-order chi connectivity index (χ0) is 19.8. The normalized spacial score (nSPS) is 17.8. The van der Waals surface area contributed by atoms with Gasteiger partial charge in [0.05, 0.1) is 12.7 Å². The smallest absolute Gasteiger partial charge is 0.185 e. The van der Waals surface area contributed by atoms with Crippen LogP contribution < -0.4 is 10.1 Å². The number of benzene rings is 1. The second-order valence-electron chi connectivity index (χ2n) is 7.06. The predicted octanol–water partition coefficient (Wildman–Crippen LogP) is 4.88. The molecule has 0 amide bonds. The van der Waals surface area contributed by atoms with E-state index in [1.54, 1.807) is 13.2 Å². The van der Waals surface area contributed by atoms with Gasteiger partial charge in [-0.25, -0.2) is 9.97 Å². The van der Waals surface area contributed by atoms with Gasteiger partial charge in [-0.1, -0.05) is 34.5 Å². The molecule has 1 atom stereocenters. The van der Waals surface area contributed by atoms with Gasteiger partial charge < -0.3 is 15.0 Å². The lowest BCUT2D eigenvalue weighted by Crippen LogP contribution is -2.39. The fourth-order valence-electron chi connectivity index (χ4n) is 3.58. The molecule has 4 rings (SSSR count). The van der Waals surface area contributed by atoms with E-state index in [-0.39, 0.29) is 0 Å². The third kappa shape index (κ3) is 3.89. The number of nitrogens with zero attached hydrogens (tertiary/aromatic N) is 4. The third-order valence-electron chi connectivity index (χ3n) is 4.87. The predicted molar refractivity (Wildman–Crippen MR) is 116 cm³/mol. The minimum atomic E-state index is 0.379. The number of aryl methyl sites for hydroxylation is 1. The summed E-state index contributed by atoms with van der Waals surface area (Å²) in [6.07, 6.45) is 2.31. The number of likely N-dealkylation sites (tertiary alicyclic amines) is 1. The summed E-state index contributed by atoms with van der Waals surface area (Å²) in [6, 6.07) is 3.98. The van der Waals surface area contributed by atoms with Crippen LogP contribution in [0.1, 0.15) is 18.4 Å². The van der Waals surface area contributed by atoms with E-state index in [4.69, 9.17) is 27.9 Å². The van der Waals surface area contributed by atoms with Crippen molar-refractivity contribution in [2.45, 2.75) is 25.8 Å². The molecule has 0 bridgehead atoms. The summed E-state index contributed by atoms with van der Waals surface area (Å²) in [6.45, 7) is 4.08. The molecule has 1 fully saturated rings. The van der Waals surface area contributed by atoms with E-state index in [2.05, 4.69) is 32.2 Å². The molecule has 1 saturated heterocycles. The molecule has 0 unspecified atom stereocenters. The van der Waals surface area contributed by atoms with Gasteiger partial charge >= 0.3 is 0 Å². The van der Waals surface area contributed by atoms with Crippen LogP contribution >= 0.6 is 34.5 Å². The van der Waals surface area contributed by atoms with E-state index < -0.39 is 0 Å². The van der Waals surface area contributed by atoms with E-state index in [0.29, 0.717) is 33.4 Å². The van der Waals surface area contributed by atoms with Crippen LogP contribution in [-0.2, 0) is 0 Å². The van der Waals surface area contributed by atoms with E-state index in [0.717, 1.165) is 40.5 Å². The molecule has 148 valence electrons. The number of halogens is 2. The summed E-state index contributed by atoms with van der Waals surface area (Å²) in [7, 11) is 3.74. The van der Waals surface area contributed by atoms with Crippen molar-refractivity contribution < 1.29 is 4.74 Å². The highest BCUT2D eigenvalue weighted by atomic mass is 35.5. The number of rotatable bonds is 4. The summed E-state index contributed by atoms with van der Waals surface area (Å²) in [5.74, 6) is 1.09. The molecule has 9 heteroatoms. The zero-order valence-corrected chi connectivity index (χ0v) is 18.3. The minimum absolute atomic E-state index is 0.379. The molecule has 1 N–H and O–H groups in total. The number of hydrogen-bond acceptors (Lipinski definition) is 7. The number of hydrogen-bond donors (Lipinski definition) is 1. The van der Waals surface area contributed by atoms with Crippen LogP contribution in [-0.4, -0.2) is 53.1 Å². The lowest BCUT2D eigenvalue weighted by Gasteiger charge is -2.29. The van der Waals surface area contributed by atoms with Crippen molar-refractivity contribution >= 4 is 50.0 Å². The molecule has 3 heterocycles. The quantitative estimate of drug-likeness (QED) is 0.586. The first-order chi connectivity index (χ1) is 13.4. The number of fused-ring (bicyclic) bond motifs is 1. The summed E-state index contributed by atoms with van der Waals surface area (Å²) < 4.78 is 6.27.